The third-order valence-corrected chi connectivity index (χ3v) is 3.09. The van der Waals surface area contributed by atoms with Crippen LogP contribution in [0.4, 0.5) is 0 Å². The molecule has 21 heavy (non-hydrogen) atoms. The molecule has 0 saturated heterocycles. The Bertz CT molecular complexity index is 532. The van der Waals surface area contributed by atoms with Crippen LogP contribution in [0.25, 0.3) is 0 Å². The molecule has 0 heterocycles. The van der Waals surface area contributed by atoms with E-state index in [0.29, 0.717) is 5.75 Å². The summed E-state index contributed by atoms with van der Waals surface area (Å²) in [6.07, 6.45) is 0. The van der Waals surface area contributed by atoms with Gasteiger partial charge in [-0.05, 0) is 46.2 Å². The molecule has 0 aromatic heterocycles. The van der Waals surface area contributed by atoms with E-state index in [0.717, 1.165) is 11.1 Å². The summed E-state index contributed by atoms with van der Waals surface area (Å²) in [5.41, 5.74) is 1.50. The van der Waals surface area contributed by atoms with Crippen molar-refractivity contribution in [2.45, 2.75) is 40.2 Å². The molecule has 0 aliphatic carbocycles. The van der Waals surface area contributed by atoms with Gasteiger partial charge in [-0.25, -0.2) is 0 Å². The number of amides is 1. The molecule has 0 aliphatic heterocycles. The third-order valence-electron chi connectivity index (χ3n) is 3.09. The van der Waals surface area contributed by atoms with Gasteiger partial charge in [-0.1, -0.05) is 17.7 Å². The van der Waals surface area contributed by atoms with Crippen LogP contribution in [0, 0.1) is 13.8 Å². The van der Waals surface area contributed by atoms with Crippen molar-refractivity contribution in [3.8, 4) is 5.75 Å². The van der Waals surface area contributed by atoms with Gasteiger partial charge in [0.1, 0.15) is 12.3 Å². The SMILES string of the molecule is Cc1ccc(OCC(=O)N(CC(=O)O)C(C)(C)C)c(C)c1. The van der Waals surface area contributed by atoms with E-state index >= 15 is 0 Å². The normalized spacial score (nSPS) is 11.1. The zero-order chi connectivity index (χ0) is 16.2. The van der Waals surface area contributed by atoms with Crippen molar-refractivity contribution in [2.75, 3.05) is 13.2 Å². The Kier molecular flexibility index (Phi) is 5.35. The predicted octanol–water partition coefficient (Wildman–Crippen LogP) is 2.39. The Labute approximate surface area is 125 Å². The van der Waals surface area contributed by atoms with Gasteiger partial charge in [-0.2, -0.15) is 0 Å². The summed E-state index contributed by atoms with van der Waals surface area (Å²) < 4.78 is 5.53. The van der Waals surface area contributed by atoms with Crippen LogP contribution in [0.2, 0.25) is 0 Å². The van der Waals surface area contributed by atoms with E-state index < -0.39 is 11.5 Å². The van der Waals surface area contributed by atoms with E-state index in [9.17, 15) is 9.59 Å². The number of nitrogens with zero attached hydrogens (tertiary/aromatic N) is 1. The largest absolute Gasteiger partial charge is 0.483 e. The Morgan fingerprint density at radius 1 is 1.24 bits per heavy atom. The first-order chi connectivity index (χ1) is 9.61. The highest BCUT2D eigenvalue weighted by molar-refractivity contribution is 5.83. The fourth-order valence-corrected chi connectivity index (χ4v) is 2.01. The predicted molar refractivity (Wildman–Crippen MR) is 80.5 cm³/mol. The second kappa shape index (κ2) is 6.61. The van der Waals surface area contributed by atoms with Crippen molar-refractivity contribution in [3.63, 3.8) is 0 Å². The van der Waals surface area contributed by atoms with Crippen LogP contribution in [0.15, 0.2) is 18.2 Å². The summed E-state index contributed by atoms with van der Waals surface area (Å²) in [5, 5.41) is 8.92. The lowest BCUT2D eigenvalue weighted by Gasteiger charge is -2.34. The number of hydrogen-bond acceptors (Lipinski definition) is 3. The monoisotopic (exact) mass is 293 g/mol. The topological polar surface area (TPSA) is 66.8 Å². The van der Waals surface area contributed by atoms with Gasteiger partial charge in [0, 0.05) is 5.54 Å². The van der Waals surface area contributed by atoms with Gasteiger partial charge in [0.2, 0.25) is 0 Å². The number of aliphatic carboxylic acids is 1. The smallest absolute Gasteiger partial charge is 0.323 e. The van der Waals surface area contributed by atoms with Crippen molar-refractivity contribution in [1.82, 2.24) is 4.90 Å². The zero-order valence-electron chi connectivity index (χ0n) is 13.3. The maximum atomic E-state index is 12.2. The Balaban J connectivity index is 2.76. The number of carbonyl (C=O) groups is 2. The number of hydrogen-bond donors (Lipinski definition) is 1. The van der Waals surface area contributed by atoms with Gasteiger partial charge in [-0.3, -0.25) is 9.59 Å². The van der Waals surface area contributed by atoms with Crippen molar-refractivity contribution in [1.29, 1.82) is 0 Å². The number of aryl methyl sites for hydroxylation is 2. The summed E-state index contributed by atoms with van der Waals surface area (Å²) in [5.74, 6) is -0.743. The summed E-state index contributed by atoms with van der Waals surface area (Å²) >= 11 is 0. The van der Waals surface area contributed by atoms with Crippen LogP contribution in [0.5, 0.6) is 5.75 Å². The van der Waals surface area contributed by atoms with E-state index in [2.05, 4.69) is 0 Å². The first-order valence-electron chi connectivity index (χ1n) is 6.83. The number of rotatable bonds is 5. The molecule has 5 heteroatoms. The molecule has 0 aliphatic rings. The van der Waals surface area contributed by atoms with Crippen LogP contribution >= 0.6 is 0 Å². The highest BCUT2D eigenvalue weighted by atomic mass is 16.5. The fraction of sp³-hybridized carbons (Fsp3) is 0.500. The molecule has 1 rings (SSSR count). The van der Waals surface area contributed by atoms with Gasteiger partial charge in [0.05, 0.1) is 0 Å². The Morgan fingerprint density at radius 3 is 2.33 bits per heavy atom. The molecule has 0 radical (unpaired) electrons. The number of benzene rings is 1. The third kappa shape index (κ3) is 5.10. The number of carboxylic acids is 1. The van der Waals surface area contributed by atoms with Crippen molar-refractivity contribution >= 4 is 11.9 Å². The minimum Gasteiger partial charge on any atom is -0.483 e. The number of ether oxygens (including phenoxy) is 1. The Hall–Kier alpha value is -2.04. The molecule has 0 saturated carbocycles. The van der Waals surface area contributed by atoms with E-state index in [1.807, 2.05) is 32.0 Å². The lowest BCUT2D eigenvalue weighted by Crippen LogP contribution is -2.50. The molecule has 0 unspecified atom stereocenters. The maximum absolute atomic E-state index is 12.2. The quantitative estimate of drug-likeness (QED) is 0.905. The molecule has 0 bridgehead atoms. The second-order valence-electron chi connectivity index (χ2n) is 6.10. The molecule has 5 nitrogen and oxygen atoms in total. The first kappa shape index (κ1) is 17.0. The molecule has 0 fully saturated rings. The standard InChI is InChI=1S/C16H23NO4/c1-11-6-7-13(12(2)8-11)21-10-14(18)17(9-15(19)20)16(3,4)5/h6-8H,9-10H2,1-5H3,(H,19,20). The van der Waals surface area contributed by atoms with Crippen LogP contribution in [-0.4, -0.2) is 40.6 Å². The van der Waals surface area contributed by atoms with Gasteiger partial charge in [0.25, 0.3) is 5.91 Å². The maximum Gasteiger partial charge on any atom is 0.323 e. The zero-order valence-corrected chi connectivity index (χ0v) is 13.3. The first-order valence-corrected chi connectivity index (χ1v) is 6.83. The molecular weight excluding hydrogens is 270 g/mol. The minimum absolute atomic E-state index is 0.172. The molecular formula is C16H23NO4. The van der Waals surface area contributed by atoms with Gasteiger partial charge in [-0.15, -0.1) is 0 Å². The molecule has 116 valence electrons. The average molecular weight is 293 g/mol. The van der Waals surface area contributed by atoms with E-state index in [1.165, 1.54) is 4.90 Å². The Morgan fingerprint density at radius 2 is 1.86 bits per heavy atom. The molecule has 1 N–H and O–H groups in total. The molecule has 0 spiro atoms. The van der Waals surface area contributed by atoms with Crippen LogP contribution in [0.1, 0.15) is 31.9 Å². The lowest BCUT2D eigenvalue weighted by molar-refractivity contribution is -0.149. The van der Waals surface area contributed by atoms with E-state index in [-0.39, 0.29) is 19.1 Å². The van der Waals surface area contributed by atoms with E-state index in [4.69, 9.17) is 9.84 Å². The summed E-state index contributed by atoms with van der Waals surface area (Å²) in [6, 6.07) is 5.70. The number of carbonyl (C=O) groups excluding carboxylic acids is 1. The van der Waals surface area contributed by atoms with Gasteiger partial charge < -0.3 is 14.7 Å². The summed E-state index contributed by atoms with van der Waals surface area (Å²) in [4.78, 5) is 24.4. The van der Waals surface area contributed by atoms with Crippen molar-refractivity contribution in [3.05, 3.63) is 29.3 Å². The fourth-order valence-electron chi connectivity index (χ4n) is 2.01. The summed E-state index contributed by atoms with van der Waals surface area (Å²) in [6.45, 7) is 8.77. The molecule has 1 aromatic carbocycles. The van der Waals surface area contributed by atoms with Crippen LogP contribution in [0.3, 0.4) is 0 Å². The van der Waals surface area contributed by atoms with Crippen LogP contribution in [-0.2, 0) is 9.59 Å². The highest BCUT2D eigenvalue weighted by Gasteiger charge is 2.28. The molecule has 1 aromatic rings. The van der Waals surface area contributed by atoms with Crippen LogP contribution < -0.4 is 4.74 Å². The van der Waals surface area contributed by atoms with Gasteiger partial charge in [0.15, 0.2) is 6.61 Å². The second-order valence-corrected chi connectivity index (χ2v) is 6.10. The van der Waals surface area contributed by atoms with E-state index in [1.54, 1.807) is 20.8 Å². The molecule has 1 amide bonds. The van der Waals surface area contributed by atoms with Crippen molar-refractivity contribution in [2.24, 2.45) is 0 Å². The van der Waals surface area contributed by atoms with Gasteiger partial charge >= 0.3 is 5.97 Å². The highest BCUT2D eigenvalue weighted by Crippen LogP contribution is 2.19. The van der Waals surface area contributed by atoms with Crippen molar-refractivity contribution < 1.29 is 19.4 Å². The number of carboxylic acid groups (broad SMARTS) is 1. The molecule has 0 atom stereocenters. The summed E-state index contributed by atoms with van der Waals surface area (Å²) in [7, 11) is 0. The lowest BCUT2D eigenvalue weighted by atomic mass is 10.1. The minimum atomic E-state index is -1.04. The average Bonchev–Trinajstić information content (AvgIpc) is 2.33.